The Morgan fingerprint density at radius 3 is 0.941 bits per heavy atom. The van der Waals surface area contributed by atoms with Crippen LogP contribution in [-0.4, -0.2) is 46.2 Å². The minimum atomic E-state index is 0.545. The largest absolute Gasteiger partial charge is 0.490 e. The van der Waals surface area contributed by atoms with Gasteiger partial charge in [-0.05, 0) is 102 Å². The highest BCUT2D eigenvalue weighted by Crippen LogP contribution is 2.52. The summed E-state index contributed by atoms with van der Waals surface area (Å²) in [5, 5.41) is 6.12. The summed E-state index contributed by atoms with van der Waals surface area (Å²) in [6.45, 7) is 19.3. The molecule has 4 aromatic rings. The number of rotatable bonds is 26. The highest BCUT2D eigenvalue weighted by atomic mass is 16.5. The maximum atomic E-state index is 6.71. The van der Waals surface area contributed by atoms with E-state index in [4.69, 9.17) is 33.2 Å². The van der Waals surface area contributed by atoms with Gasteiger partial charge in [0.05, 0.1) is 46.2 Å². The monoisotopic (exact) mass is 704 g/mol. The van der Waals surface area contributed by atoms with Crippen molar-refractivity contribution in [3.63, 3.8) is 0 Å². The molecule has 282 valence electrons. The van der Waals surface area contributed by atoms with E-state index in [1.807, 2.05) is 0 Å². The average molecular weight is 705 g/mol. The highest BCUT2D eigenvalue weighted by Gasteiger charge is 2.25. The van der Waals surface area contributed by atoms with Crippen LogP contribution < -0.4 is 33.2 Å². The molecule has 51 heavy (non-hydrogen) atoms. The van der Waals surface area contributed by atoms with E-state index in [9.17, 15) is 0 Å². The molecule has 4 rings (SSSR count). The molecule has 0 fully saturated rings. The molecule has 0 aliphatic rings. The number of hydrogen-bond acceptors (Lipinski definition) is 7. The number of benzene rings is 4. The lowest BCUT2D eigenvalue weighted by Crippen LogP contribution is -2.07. The highest BCUT2D eigenvalue weighted by molar-refractivity contribution is 6.28. The zero-order valence-corrected chi connectivity index (χ0v) is 32.7. The Morgan fingerprint density at radius 2 is 0.588 bits per heavy atom. The van der Waals surface area contributed by atoms with Crippen molar-refractivity contribution in [3.05, 3.63) is 30.3 Å². The van der Waals surface area contributed by atoms with Gasteiger partial charge in [0.15, 0.2) is 34.5 Å². The number of ether oxygens (including phenoxy) is 7. The van der Waals surface area contributed by atoms with Gasteiger partial charge >= 0.3 is 0 Å². The first kappa shape index (κ1) is 40.0. The standard InChI is InChI=1S/C44H64O7/c1-8-15-22-45-37-27-32-33-28-39(47-24-17-10-3)40(48-25-18-11-4)30-35(33)42-36(34(32)29-38(37)46-23-16-9-2)31-41(49-26-19-12-5)43(50-20-13-6)44(42)51-21-14-7/h27-31H,8-26H2,1-7H3. The van der Waals surface area contributed by atoms with Crippen molar-refractivity contribution in [2.24, 2.45) is 0 Å². The molecule has 0 spiro atoms. The van der Waals surface area contributed by atoms with Crippen molar-refractivity contribution >= 4 is 32.3 Å². The maximum Gasteiger partial charge on any atom is 0.204 e. The van der Waals surface area contributed by atoms with Crippen LogP contribution in [0, 0.1) is 0 Å². The summed E-state index contributed by atoms with van der Waals surface area (Å²) in [5.41, 5.74) is 0. The number of fused-ring (bicyclic) bond motifs is 6. The fourth-order valence-corrected chi connectivity index (χ4v) is 5.96. The molecule has 0 amide bonds. The van der Waals surface area contributed by atoms with Gasteiger partial charge in [0.2, 0.25) is 5.75 Å². The first-order valence-electron chi connectivity index (χ1n) is 20.0. The molecule has 0 heterocycles. The molecule has 7 heteroatoms. The lowest BCUT2D eigenvalue weighted by atomic mass is 9.92. The third kappa shape index (κ3) is 10.4. The van der Waals surface area contributed by atoms with Gasteiger partial charge < -0.3 is 33.2 Å². The maximum absolute atomic E-state index is 6.71. The smallest absolute Gasteiger partial charge is 0.204 e. The van der Waals surface area contributed by atoms with Crippen molar-refractivity contribution in [3.8, 4) is 40.2 Å². The van der Waals surface area contributed by atoms with E-state index < -0.39 is 0 Å². The van der Waals surface area contributed by atoms with Crippen LogP contribution >= 0.6 is 0 Å². The zero-order chi connectivity index (χ0) is 36.4. The molecule has 0 atom stereocenters. The first-order valence-corrected chi connectivity index (χ1v) is 20.0. The lowest BCUT2D eigenvalue weighted by molar-refractivity contribution is 0.243. The van der Waals surface area contributed by atoms with Crippen molar-refractivity contribution in [1.29, 1.82) is 0 Å². The summed E-state index contributed by atoms with van der Waals surface area (Å²) in [7, 11) is 0. The van der Waals surface area contributed by atoms with Gasteiger partial charge in [0, 0.05) is 5.39 Å². The molecule has 0 saturated heterocycles. The molecule has 0 radical (unpaired) electrons. The topological polar surface area (TPSA) is 64.6 Å². The van der Waals surface area contributed by atoms with Gasteiger partial charge in [-0.3, -0.25) is 0 Å². The summed E-state index contributed by atoms with van der Waals surface area (Å²) in [5.74, 6) is 5.07. The molecule has 0 aliphatic carbocycles. The normalized spacial score (nSPS) is 11.4. The van der Waals surface area contributed by atoms with E-state index in [0.717, 1.165) is 132 Å². The molecule has 0 aromatic heterocycles. The van der Waals surface area contributed by atoms with Crippen molar-refractivity contribution in [1.82, 2.24) is 0 Å². The molecule has 0 N–H and O–H groups in total. The van der Waals surface area contributed by atoms with Crippen LogP contribution in [0.3, 0.4) is 0 Å². The molecular formula is C44H64O7. The van der Waals surface area contributed by atoms with Crippen LogP contribution in [0.4, 0.5) is 0 Å². The second-order valence-electron chi connectivity index (χ2n) is 13.4. The molecule has 7 nitrogen and oxygen atoms in total. The Morgan fingerprint density at radius 1 is 0.294 bits per heavy atom. The van der Waals surface area contributed by atoms with Gasteiger partial charge in [-0.25, -0.2) is 0 Å². The average Bonchev–Trinajstić information content (AvgIpc) is 3.14. The van der Waals surface area contributed by atoms with Gasteiger partial charge in [-0.1, -0.05) is 80.6 Å². The predicted molar refractivity (Wildman–Crippen MR) is 213 cm³/mol. The zero-order valence-electron chi connectivity index (χ0n) is 32.7. The third-order valence-corrected chi connectivity index (χ3v) is 8.90. The summed E-state index contributed by atoms with van der Waals surface area (Å²) in [6, 6.07) is 10.8. The Kier molecular flexibility index (Phi) is 16.9. The van der Waals surface area contributed by atoms with Crippen molar-refractivity contribution in [2.75, 3.05) is 46.2 Å². The number of unbranched alkanes of at least 4 members (excludes halogenated alkanes) is 5. The van der Waals surface area contributed by atoms with Crippen molar-refractivity contribution in [2.45, 2.75) is 126 Å². The Balaban J connectivity index is 2.18. The minimum absolute atomic E-state index is 0.545. The summed E-state index contributed by atoms with van der Waals surface area (Å²) >= 11 is 0. The summed E-state index contributed by atoms with van der Waals surface area (Å²) in [6.07, 6.45) is 11.8. The second-order valence-corrected chi connectivity index (χ2v) is 13.4. The van der Waals surface area contributed by atoms with Crippen LogP contribution in [0.2, 0.25) is 0 Å². The van der Waals surface area contributed by atoms with E-state index in [2.05, 4.69) is 78.8 Å². The molecule has 0 aliphatic heterocycles. The molecule has 0 unspecified atom stereocenters. The molecule has 4 aromatic carbocycles. The van der Waals surface area contributed by atoms with Crippen LogP contribution in [0.5, 0.6) is 40.2 Å². The van der Waals surface area contributed by atoms with Gasteiger partial charge in [0.1, 0.15) is 0 Å². The quantitative estimate of drug-likeness (QED) is 0.0476. The van der Waals surface area contributed by atoms with E-state index in [-0.39, 0.29) is 0 Å². The SMILES string of the molecule is CCCCOc1cc2c3cc(OCCCC)c(OCCCC)cc3c3c(OCCC)c(OCCC)c(OCCCC)cc3c2cc1OCCCC. The Bertz CT molecular complexity index is 1600. The van der Waals surface area contributed by atoms with Crippen LogP contribution in [0.1, 0.15) is 126 Å². The number of hydrogen-bond donors (Lipinski definition) is 0. The third-order valence-electron chi connectivity index (χ3n) is 8.90. The van der Waals surface area contributed by atoms with E-state index in [0.29, 0.717) is 63.5 Å². The van der Waals surface area contributed by atoms with Gasteiger partial charge in [-0.2, -0.15) is 0 Å². The molecular weight excluding hydrogens is 640 g/mol. The van der Waals surface area contributed by atoms with E-state index >= 15 is 0 Å². The van der Waals surface area contributed by atoms with E-state index in [1.54, 1.807) is 0 Å². The summed E-state index contributed by atoms with van der Waals surface area (Å²) in [4.78, 5) is 0. The predicted octanol–water partition coefficient (Wildman–Crippen LogP) is 12.6. The summed E-state index contributed by atoms with van der Waals surface area (Å²) < 4.78 is 45.6. The molecule has 0 bridgehead atoms. The fraction of sp³-hybridized carbons (Fsp3) is 0.591. The van der Waals surface area contributed by atoms with Gasteiger partial charge in [0.25, 0.3) is 0 Å². The Hall–Kier alpha value is -3.74. The van der Waals surface area contributed by atoms with Crippen LogP contribution in [0.25, 0.3) is 32.3 Å². The van der Waals surface area contributed by atoms with Crippen LogP contribution in [0.15, 0.2) is 30.3 Å². The van der Waals surface area contributed by atoms with Crippen molar-refractivity contribution < 1.29 is 33.2 Å². The second kappa shape index (κ2) is 21.6. The van der Waals surface area contributed by atoms with Crippen LogP contribution in [-0.2, 0) is 0 Å². The Labute approximate surface area is 307 Å². The first-order chi connectivity index (χ1) is 25.1. The van der Waals surface area contributed by atoms with Gasteiger partial charge in [-0.15, -0.1) is 0 Å². The lowest BCUT2D eigenvalue weighted by Gasteiger charge is -2.23. The molecule has 0 saturated carbocycles. The fourth-order valence-electron chi connectivity index (χ4n) is 5.96. The minimum Gasteiger partial charge on any atom is -0.490 e. The van der Waals surface area contributed by atoms with E-state index in [1.165, 1.54) is 0 Å².